The van der Waals surface area contributed by atoms with E-state index < -0.39 is 0 Å². The van der Waals surface area contributed by atoms with Gasteiger partial charge in [-0.25, -0.2) is 4.79 Å². The van der Waals surface area contributed by atoms with Gasteiger partial charge in [0.2, 0.25) is 0 Å². The van der Waals surface area contributed by atoms with E-state index in [1.165, 1.54) is 0 Å². The number of aromatic hydroxyl groups is 1. The zero-order valence-electron chi connectivity index (χ0n) is 23.7. The van der Waals surface area contributed by atoms with Gasteiger partial charge in [0.15, 0.2) is 0 Å². The Balaban J connectivity index is 1.30. The van der Waals surface area contributed by atoms with Crippen LogP contribution in [0.4, 0.5) is 5.82 Å². The molecule has 6 heterocycles. The van der Waals surface area contributed by atoms with Crippen LogP contribution in [0.3, 0.4) is 0 Å². The first-order valence-corrected chi connectivity index (χ1v) is 17.3. The molecule has 0 aliphatic carbocycles. The minimum Gasteiger partial charge on any atom is -0.508 e. The Hall–Kier alpha value is -2.34. The predicted molar refractivity (Wildman–Crippen MR) is 174 cm³/mol. The summed E-state index contributed by atoms with van der Waals surface area (Å²) in [5.41, 5.74) is 2.75. The SMILES string of the molecule is CCN1CCN(C[C@H]2CSc3c(-c4csc5ccc(O)cc45)c(Cl)cc4c(N5CC6CCC(C5)N6)nc(=O)n2c34)CC1. The van der Waals surface area contributed by atoms with Gasteiger partial charge in [0, 0.05) is 95.1 Å². The van der Waals surface area contributed by atoms with E-state index in [9.17, 15) is 9.90 Å². The highest BCUT2D eigenvalue weighted by Gasteiger charge is 2.36. The molecule has 8 nitrogen and oxygen atoms in total. The molecule has 2 bridgehead atoms. The molecule has 4 aliphatic heterocycles. The maximum Gasteiger partial charge on any atom is 0.350 e. The number of nitrogens with zero attached hydrogens (tertiary/aromatic N) is 5. The number of anilines is 1. The first kappa shape index (κ1) is 27.2. The second kappa shape index (κ2) is 10.7. The highest BCUT2D eigenvalue weighted by Crippen LogP contribution is 2.50. The number of nitrogens with one attached hydrogen (secondary N) is 1. The standard InChI is InChI=1S/C31H35ClN6O2S2/c1-2-35-7-9-36(10-8-35)15-20-16-42-29-27(24-17-41-26-6-5-21(39)11-22(24)26)25(32)12-23-28(29)38(20)31(40)34-30(23)37-13-18-3-4-19(14-37)33-18/h5-6,11-12,17-20,33,39H,2-4,7-10,13-16H2,1H3/t18?,19?,20-/m0/s1. The third-order valence-electron chi connectivity index (χ3n) is 9.61. The van der Waals surface area contributed by atoms with Crippen molar-refractivity contribution in [2.24, 2.45) is 0 Å². The van der Waals surface area contributed by atoms with Gasteiger partial charge in [0.25, 0.3) is 0 Å². The van der Waals surface area contributed by atoms with Crippen molar-refractivity contribution >= 4 is 61.5 Å². The molecule has 2 N–H and O–H groups in total. The fourth-order valence-electron chi connectivity index (χ4n) is 7.45. The molecule has 3 atom stereocenters. The van der Waals surface area contributed by atoms with Crippen LogP contribution in [0.5, 0.6) is 5.75 Å². The number of phenols is 1. The summed E-state index contributed by atoms with van der Waals surface area (Å²) in [5, 5.41) is 18.8. The van der Waals surface area contributed by atoms with Crippen LogP contribution in [0.1, 0.15) is 25.8 Å². The maximum atomic E-state index is 14.1. The monoisotopic (exact) mass is 622 g/mol. The number of rotatable bonds is 5. The minimum absolute atomic E-state index is 0.0312. The van der Waals surface area contributed by atoms with Gasteiger partial charge in [0.1, 0.15) is 11.6 Å². The molecule has 8 rings (SSSR count). The number of thioether (sulfide) groups is 1. The quantitative estimate of drug-likeness (QED) is 0.327. The van der Waals surface area contributed by atoms with Crippen molar-refractivity contribution in [3.8, 4) is 16.9 Å². The third kappa shape index (κ3) is 4.53. The summed E-state index contributed by atoms with van der Waals surface area (Å²) in [6, 6.07) is 8.44. The van der Waals surface area contributed by atoms with E-state index in [-0.39, 0.29) is 17.5 Å². The van der Waals surface area contributed by atoms with Gasteiger partial charge in [-0.1, -0.05) is 18.5 Å². The van der Waals surface area contributed by atoms with Gasteiger partial charge >= 0.3 is 5.69 Å². The van der Waals surface area contributed by atoms with Crippen LogP contribution in [-0.2, 0) is 0 Å². The lowest BCUT2D eigenvalue weighted by atomic mass is 10.0. The molecule has 2 unspecified atom stereocenters. The lowest BCUT2D eigenvalue weighted by Crippen LogP contribution is -2.52. The average Bonchev–Trinajstić information content (AvgIpc) is 3.56. The van der Waals surface area contributed by atoms with Gasteiger partial charge in [-0.05, 0) is 49.0 Å². The molecule has 0 spiro atoms. The van der Waals surface area contributed by atoms with Crippen molar-refractivity contribution < 1.29 is 5.11 Å². The summed E-state index contributed by atoms with van der Waals surface area (Å²) in [7, 11) is 0. The Kier molecular flexibility index (Phi) is 6.92. The van der Waals surface area contributed by atoms with Crippen LogP contribution in [0, 0.1) is 0 Å². The van der Waals surface area contributed by atoms with Gasteiger partial charge in [0.05, 0.1) is 16.6 Å². The number of hydrogen-bond donors (Lipinski definition) is 2. The van der Waals surface area contributed by atoms with Gasteiger partial charge < -0.3 is 20.2 Å². The van der Waals surface area contributed by atoms with Gasteiger partial charge in [-0.3, -0.25) is 9.47 Å². The minimum atomic E-state index is -0.164. The Morgan fingerprint density at radius 2 is 1.83 bits per heavy atom. The Morgan fingerprint density at radius 1 is 1.07 bits per heavy atom. The van der Waals surface area contributed by atoms with Crippen molar-refractivity contribution in [3.05, 3.63) is 45.2 Å². The van der Waals surface area contributed by atoms with Gasteiger partial charge in [-0.15, -0.1) is 23.1 Å². The summed E-state index contributed by atoms with van der Waals surface area (Å²) < 4.78 is 3.08. The number of halogens is 1. The highest BCUT2D eigenvalue weighted by molar-refractivity contribution is 7.99. The molecule has 3 fully saturated rings. The van der Waals surface area contributed by atoms with Crippen molar-refractivity contribution in [2.45, 2.75) is 42.8 Å². The van der Waals surface area contributed by atoms with E-state index in [0.29, 0.717) is 17.1 Å². The number of hydrogen-bond acceptors (Lipinski definition) is 9. The molecule has 2 aromatic heterocycles. The molecule has 220 valence electrons. The van der Waals surface area contributed by atoms with Crippen molar-refractivity contribution in [3.63, 3.8) is 0 Å². The number of aromatic nitrogens is 2. The fourth-order valence-corrected chi connectivity index (χ4v) is 10.1. The van der Waals surface area contributed by atoms with Gasteiger partial charge in [-0.2, -0.15) is 4.98 Å². The third-order valence-corrected chi connectivity index (χ3v) is 12.1. The predicted octanol–water partition coefficient (Wildman–Crippen LogP) is 4.86. The van der Waals surface area contributed by atoms with Crippen molar-refractivity contribution in [2.75, 3.05) is 63.0 Å². The molecule has 0 radical (unpaired) electrons. The smallest absolute Gasteiger partial charge is 0.350 e. The molecule has 0 amide bonds. The number of likely N-dealkylation sites (N-methyl/N-ethyl adjacent to an activating group) is 1. The summed E-state index contributed by atoms with van der Waals surface area (Å²) in [6.07, 6.45) is 2.32. The van der Waals surface area contributed by atoms with Crippen LogP contribution in [0.25, 0.3) is 32.1 Å². The molecule has 0 saturated carbocycles. The van der Waals surface area contributed by atoms with Crippen LogP contribution in [0.2, 0.25) is 5.02 Å². The largest absolute Gasteiger partial charge is 0.508 e. The maximum absolute atomic E-state index is 14.1. The van der Waals surface area contributed by atoms with E-state index in [2.05, 4.69) is 32.3 Å². The molecule has 2 aromatic carbocycles. The van der Waals surface area contributed by atoms with Crippen LogP contribution >= 0.6 is 34.7 Å². The molecular weight excluding hydrogens is 588 g/mol. The highest BCUT2D eigenvalue weighted by atomic mass is 35.5. The first-order valence-electron chi connectivity index (χ1n) is 15.0. The average molecular weight is 623 g/mol. The lowest BCUT2D eigenvalue weighted by Gasteiger charge is -2.38. The summed E-state index contributed by atoms with van der Waals surface area (Å²) in [4.78, 5) is 27.3. The topological polar surface area (TPSA) is 76.9 Å². The second-order valence-electron chi connectivity index (χ2n) is 12.1. The van der Waals surface area contributed by atoms with E-state index in [1.54, 1.807) is 17.4 Å². The van der Waals surface area contributed by atoms with Crippen molar-refractivity contribution in [1.82, 2.24) is 24.7 Å². The zero-order chi connectivity index (χ0) is 28.5. The normalized spacial score (nSPS) is 24.7. The van der Waals surface area contributed by atoms with Crippen molar-refractivity contribution in [1.29, 1.82) is 0 Å². The summed E-state index contributed by atoms with van der Waals surface area (Å²) in [6.45, 7) is 10.0. The number of thiophene rings is 1. The molecule has 4 aliphatic rings. The summed E-state index contributed by atoms with van der Waals surface area (Å²) >= 11 is 10.7. The second-order valence-corrected chi connectivity index (χ2v) is 14.5. The zero-order valence-corrected chi connectivity index (χ0v) is 26.1. The number of piperazine rings is 2. The van der Waals surface area contributed by atoms with E-state index in [4.69, 9.17) is 16.6 Å². The number of phenolic OH excluding ortho intramolecular Hbond substituents is 1. The fraction of sp³-hybridized carbons (Fsp3) is 0.484. The first-order chi connectivity index (χ1) is 20.5. The van der Waals surface area contributed by atoms with Crippen LogP contribution in [-0.4, -0.2) is 94.7 Å². The molecule has 3 saturated heterocycles. The Morgan fingerprint density at radius 3 is 2.60 bits per heavy atom. The molecular formula is C31H35ClN6O2S2. The number of benzene rings is 2. The molecule has 4 aromatic rings. The number of fused-ring (bicyclic) bond motifs is 3. The van der Waals surface area contributed by atoms with Crippen LogP contribution < -0.4 is 15.9 Å². The summed E-state index contributed by atoms with van der Waals surface area (Å²) in [5.74, 6) is 1.79. The van der Waals surface area contributed by atoms with E-state index >= 15 is 0 Å². The molecule has 42 heavy (non-hydrogen) atoms. The lowest BCUT2D eigenvalue weighted by molar-refractivity contribution is 0.126. The molecule has 11 heteroatoms. The van der Waals surface area contributed by atoms with Crippen LogP contribution in [0.15, 0.2) is 39.3 Å². The van der Waals surface area contributed by atoms with E-state index in [1.807, 2.05) is 34.5 Å². The van der Waals surface area contributed by atoms with E-state index in [0.717, 1.165) is 114 Å². The Bertz CT molecular complexity index is 1740. The Labute approximate surface area is 258 Å².